The molecule has 37 heavy (non-hydrogen) atoms. The molecule has 0 atom stereocenters. The highest BCUT2D eigenvalue weighted by atomic mass is 19.4. The molecule has 8 nitrogen and oxygen atoms in total. The molecule has 0 amide bonds. The molecule has 0 N–H and O–H groups in total. The van der Waals surface area contributed by atoms with Crippen molar-refractivity contribution in [3.05, 3.63) is 99.0 Å². The van der Waals surface area contributed by atoms with Gasteiger partial charge in [-0.25, -0.2) is 14.2 Å². The summed E-state index contributed by atoms with van der Waals surface area (Å²) >= 11 is 0. The Hall–Kier alpha value is -4.74. The first kappa shape index (κ1) is 25.4. The van der Waals surface area contributed by atoms with Crippen molar-refractivity contribution in [2.75, 3.05) is 6.61 Å². The number of aliphatic imine (C=N–C) groups is 1. The number of hydrogen-bond donors (Lipinski definition) is 0. The molecular formula is C25H16F4N2O6. The van der Waals surface area contributed by atoms with E-state index in [1.165, 1.54) is 42.5 Å². The van der Waals surface area contributed by atoms with Crippen molar-refractivity contribution in [3.8, 4) is 17.2 Å². The summed E-state index contributed by atoms with van der Waals surface area (Å²) in [6.07, 6.45) is -3.42. The summed E-state index contributed by atoms with van der Waals surface area (Å²) in [5.74, 6) is -1.98. The first-order valence-electron chi connectivity index (χ1n) is 10.6. The van der Waals surface area contributed by atoms with Gasteiger partial charge in [-0.2, -0.15) is 13.2 Å². The Morgan fingerprint density at radius 2 is 1.78 bits per heavy atom. The third-order valence-corrected chi connectivity index (χ3v) is 5.00. The minimum atomic E-state index is -4.77. The first-order valence-corrected chi connectivity index (χ1v) is 10.6. The van der Waals surface area contributed by atoms with Crippen LogP contribution in [0.3, 0.4) is 0 Å². The quantitative estimate of drug-likeness (QED) is 0.120. The topological polar surface area (TPSA) is 100 Å². The lowest BCUT2D eigenvalue weighted by atomic mass is 10.1. The SMILES string of the molecule is CCOc1cc(/C=C2\N=C(c3ccccc3F)OC2=O)ccc1Oc1ccc(C(F)(F)F)cc1[N+](=O)[O-]. The summed E-state index contributed by atoms with van der Waals surface area (Å²) in [5, 5.41) is 11.4. The second-order valence-corrected chi connectivity index (χ2v) is 7.49. The van der Waals surface area contributed by atoms with Crippen LogP contribution in [0.15, 0.2) is 71.4 Å². The van der Waals surface area contributed by atoms with E-state index in [2.05, 4.69) is 4.99 Å². The fraction of sp³-hybridized carbons (Fsp3) is 0.120. The van der Waals surface area contributed by atoms with Gasteiger partial charge in [0.1, 0.15) is 5.82 Å². The number of halogens is 4. The lowest BCUT2D eigenvalue weighted by Gasteiger charge is -2.13. The molecule has 0 aliphatic carbocycles. The van der Waals surface area contributed by atoms with Crippen molar-refractivity contribution in [1.29, 1.82) is 0 Å². The van der Waals surface area contributed by atoms with E-state index < -0.39 is 39.9 Å². The maximum atomic E-state index is 14.0. The Labute approximate surface area is 206 Å². The average molecular weight is 516 g/mol. The Bertz CT molecular complexity index is 1450. The van der Waals surface area contributed by atoms with Crippen LogP contribution in [0.1, 0.15) is 23.6 Å². The molecule has 1 aliphatic rings. The molecule has 0 saturated carbocycles. The molecule has 3 aromatic rings. The third kappa shape index (κ3) is 5.58. The minimum Gasteiger partial charge on any atom is -0.490 e. The van der Waals surface area contributed by atoms with Gasteiger partial charge in [-0.1, -0.05) is 18.2 Å². The zero-order chi connectivity index (χ0) is 26.7. The van der Waals surface area contributed by atoms with E-state index in [-0.39, 0.29) is 35.3 Å². The molecule has 1 heterocycles. The number of hydrogen-bond acceptors (Lipinski definition) is 7. The van der Waals surface area contributed by atoms with Gasteiger partial charge in [0.2, 0.25) is 11.6 Å². The molecule has 0 fully saturated rings. The Kier molecular flexibility index (Phi) is 6.92. The zero-order valence-corrected chi connectivity index (χ0v) is 18.9. The number of carbonyl (C=O) groups excluding carboxylic acids is 1. The predicted molar refractivity (Wildman–Crippen MR) is 123 cm³/mol. The summed E-state index contributed by atoms with van der Waals surface area (Å²) < 4.78 is 69.1. The van der Waals surface area contributed by atoms with Crippen molar-refractivity contribution in [2.24, 2.45) is 4.99 Å². The molecular weight excluding hydrogens is 500 g/mol. The number of nitrogens with zero attached hydrogens (tertiary/aromatic N) is 2. The summed E-state index contributed by atoms with van der Waals surface area (Å²) in [5.41, 5.74) is -1.79. The number of benzene rings is 3. The van der Waals surface area contributed by atoms with Crippen LogP contribution in [0.4, 0.5) is 23.2 Å². The molecule has 0 aromatic heterocycles. The molecule has 0 unspecified atom stereocenters. The van der Waals surface area contributed by atoms with Crippen molar-refractivity contribution < 1.29 is 41.5 Å². The summed E-state index contributed by atoms with van der Waals surface area (Å²) in [4.78, 5) is 26.7. The number of cyclic esters (lactones) is 1. The van der Waals surface area contributed by atoms with E-state index in [0.717, 1.165) is 6.07 Å². The molecule has 190 valence electrons. The lowest BCUT2D eigenvalue weighted by Crippen LogP contribution is -2.07. The Morgan fingerprint density at radius 1 is 1.05 bits per heavy atom. The molecule has 0 radical (unpaired) electrons. The van der Waals surface area contributed by atoms with Gasteiger partial charge in [-0.15, -0.1) is 0 Å². The summed E-state index contributed by atoms with van der Waals surface area (Å²) in [6, 6.07) is 11.8. The van der Waals surface area contributed by atoms with Crippen molar-refractivity contribution in [1.82, 2.24) is 0 Å². The van der Waals surface area contributed by atoms with Crippen LogP contribution >= 0.6 is 0 Å². The van der Waals surface area contributed by atoms with E-state index >= 15 is 0 Å². The van der Waals surface area contributed by atoms with Gasteiger partial charge in [-0.3, -0.25) is 10.1 Å². The molecule has 12 heteroatoms. The number of alkyl halides is 3. The summed E-state index contributed by atoms with van der Waals surface area (Å²) in [6.45, 7) is 1.82. The highest BCUT2D eigenvalue weighted by Gasteiger charge is 2.33. The summed E-state index contributed by atoms with van der Waals surface area (Å²) in [7, 11) is 0. The monoisotopic (exact) mass is 516 g/mol. The van der Waals surface area contributed by atoms with E-state index in [9.17, 15) is 32.5 Å². The van der Waals surface area contributed by atoms with Crippen LogP contribution in [0, 0.1) is 15.9 Å². The number of nitro benzene ring substituents is 1. The van der Waals surface area contributed by atoms with Crippen LogP contribution in [0.25, 0.3) is 6.08 Å². The van der Waals surface area contributed by atoms with Gasteiger partial charge < -0.3 is 14.2 Å². The van der Waals surface area contributed by atoms with Crippen LogP contribution in [-0.4, -0.2) is 23.4 Å². The maximum absolute atomic E-state index is 14.0. The van der Waals surface area contributed by atoms with Gasteiger partial charge in [0.15, 0.2) is 17.2 Å². The van der Waals surface area contributed by atoms with Crippen LogP contribution in [0.5, 0.6) is 17.2 Å². The number of nitro groups is 1. The maximum Gasteiger partial charge on any atom is 0.416 e. The number of carbonyl (C=O) groups is 1. The normalized spacial score (nSPS) is 14.4. The van der Waals surface area contributed by atoms with Gasteiger partial charge in [-0.05, 0) is 55.0 Å². The van der Waals surface area contributed by atoms with E-state index in [0.29, 0.717) is 17.7 Å². The second kappa shape index (κ2) is 10.1. The zero-order valence-electron chi connectivity index (χ0n) is 18.9. The average Bonchev–Trinajstić information content (AvgIpc) is 3.20. The van der Waals surface area contributed by atoms with Crippen LogP contribution in [-0.2, 0) is 15.7 Å². The highest BCUT2D eigenvalue weighted by Crippen LogP contribution is 2.40. The number of rotatable bonds is 7. The predicted octanol–water partition coefficient (Wildman–Crippen LogP) is 6.29. The Morgan fingerprint density at radius 3 is 2.46 bits per heavy atom. The Balaban J connectivity index is 1.66. The lowest BCUT2D eigenvalue weighted by molar-refractivity contribution is -0.385. The van der Waals surface area contributed by atoms with Gasteiger partial charge in [0.05, 0.1) is 22.7 Å². The van der Waals surface area contributed by atoms with E-state index in [4.69, 9.17) is 14.2 Å². The van der Waals surface area contributed by atoms with Crippen molar-refractivity contribution >= 4 is 23.6 Å². The third-order valence-electron chi connectivity index (χ3n) is 5.00. The van der Waals surface area contributed by atoms with Gasteiger partial charge in [0, 0.05) is 6.07 Å². The van der Waals surface area contributed by atoms with Gasteiger partial charge >= 0.3 is 17.8 Å². The fourth-order valence-electron chi connectivity index (χ4n) is 3.33. The van der Waals surface area contributed by atoms with Crippen LogP contribution in [0.2, 0.25) is 0 Å². The highest BCUT2D eigenvalue weighted by molar-refractivity contribution is 6.12. The minimum absolute atomic E-state index is 0.0103. The smallest absolute Gasteiger partial charge is 0.416 e. The molecule has 0 bridgehead atoms. The number of esters is 1. The van der Waals surface area contributed by atoms with Crippen LogP contribution < -0.4 is 9.47 Å². The molecule has 3 aromatic carbocycles. The van der Waals surface area contributed by atoms with Gasteiger partial charge in [0.25, 0.3) is 0 Å². The number of ether oxygens (including phenoxy) is 3. The standard InChI is InChI=1S/C25H16F4N2O6/c1-2-35-22-12-14(11-18-24(32)37-23(30-18)16-5-3-4-6-17(16)26)7-9-21(22)36-20-10-8-15(25(27,28)29)13-19(20)31(33)34/h3-13H,2H2,1H3/b18-11-. The largest absolute Gasteiger partial charge is 0.490 e. The molecule has 4 rings (SSSR count). The second-order valence-electron chi connectivity index (χ2n) is 7.49. The molecule has 0 spiro atoms. The van der Waals surface area contributed by atoms with Crippen molar-refractivity contribution in [2.45, 2.75) is 13.1 Å². The molecule has 1 aliphatic heterocycles. The fourth-order valence-corrected chi connectivity index (χ4v) is 3.33. The van der Waals surface area contributed by atoms with Crippen molar-refractivity contribution in [3.63, 3.8) is 0 Å². The van der Waals surface area contributed by atoms with E-state index in [1.807, 2.05) is 0 Å². The van der Waals surface area contributed by atoms with E-state index in [1.54, 1.807) is 13.0 Å². The molecule has 0 saturated heterocycles. The first-order chi connectivity index (χ1) is 17.6.